The van der Waals surface area contributed by atoms with Gasteiger partial charge in [-0.2, -0.15) is 0 Å². The van der Waals surface area contributed by atoms with Crippen molar-refractivity contribution in [2.75, 3.05) is 6.61 Å². The van der Waals surface area contributed by atoms with Crippen molar-refractivity contribution in [1.82, 2.24) is 0 Å². The predicted molar refractivity (Wildman–Crippen MR) is 49.1 cm³/mol. The number of carboxylic acid groups (broad SMARTS) is 1. The van der Waals surface area contributed by atoms with E-state index in [1.54, 1.807) is 0 Å². The number of halogens is 2. The summed E-state index contributed by atoms with van der Waals surface area (Å²) in [6.07, 6.45) is 0.743. The molecule has 0 fully saturated rings. The van der Waals surface area contributed by atoms with Crippen molar-refractivity contribution in [2.45, 2.75) is 0 Å². The van der Waals surface area contributed by atoms with Crippen LogP contribution in [-0.4, -0.2) is 22.8 Å². The van der Waals surface area contributed by atoms with Crippen LogP contribution >= 0.6 is 0 Å². The van der Waals surface area contributed by atoms with Crippen molar-refractivity contribution in [3.63, 3.8) is 0 Å². The lowest BCUT2D eigenvalue weighted by Crippen LogP contribution is -1.97. The van der Waals surface area contributed by atoms with Gasteiger partial charge in [0.1, 0.15) is 0 Å². The number of rotatable bonds is 3. The zero-order valence-electron chi connectivity index (χ0n) is 7.58. The fourth-order valence-electron chi connectivity index (χ4n) is 1.07. The average molecular weight is 214 g/mol. The zero-order chi connectivity index (χ0) is 11.4. The van der Waals surface area contributed by atoms with Crippen LogP contribution in [0.2, 0.25) is 0 Å². The van der Waals surface area contributed by atoms with E-state index in [1.807, 2.05) is 0 Å². The van der Waals surface area contributed by atoms with Gasteiger partial charge in [-0.25, -0.2) is 13.6 Å². The number of aliphatic carboxylic acids is 1. The van der Waals surface area contributed by atoms with Gasteiger partial charge in [-0.1, -0.05) is 6.07 Å². The van der Waals surface area contributed by atoms with Gasteiger partial charge in [-0.3, -0.25) is 0 Å². The van der Waals surface area contributed by atoms with Crippen LogP contribution in [0, 0.1) is 11.6 Å². The summed E-state index contributed by atoms with van der Waals surface area (Å²) in [6, 6.07) is 2.90. The molecule has 0 heterocycles. The van der Waals surface area contributed by atoms with Crippen molar-refractivity contribution < 1.29 is 23.8 Å². The summed E-state index contributed by atoms with van der Waals surface area (Å²) in [5, 5.41) is 17.3. The van der Waals surface area contributed by atoms with E-state index >= 15 is 0 Å². The highest BCUT2D eigenvalue weighted by atomic mass is 19.2. The minimum atomic E-state index is -1.26. The summed E-state index contributed by atoms with van der Waals surface area (Å²) < 4.78 is 25.3. The van der Waals surface area contributed by atoms with E-state index in [0.717, 1.165) is 18.2 Å². The number of hydrogen-bond acceptors (Lipinski definition) is 2. The van der Waals surface area contributed by atoms with Crippen LogP contribution in [-0.2, 0) is 4.79 Å². The Hall–Kier alpha value is -1.75. The molecular weight excluding hydrogens is 206 g/mol. The average Bonchev–Trinajstić information content (AvgIpc) is 2.18. The molecule has 1 aromatic carbocycles. The van der Waals surface area contributed by atoms with Crippen molar-refractivity contribution >= 4 is 11.5 Å². The smallest absolute Gasteiger partial charge is 0.328 e. The van der Waals surface area contributed by atoms with E-state index in [9.17, 15) is 13.6 Å². The molecule has 0 aromatic heterocycles. The Bertz CT molecular complexity index is 413. The van der Waals surface area contributed by atoms with Crippen LogP contribution in [0.25, 0.3) is 5.57 Å². The SMILES string of the molecule is O=C(O)/C=C(\CO)c1ccc(F)c(F)c1. The molecule has 15 heavy (non-hydrogen) atoms. The van der Waals surface area contributed by atoms with E-state index < -0.39 is 24.2 Å². The molecule has 0 amide bonds. The van der Waals surface area contributed by atoms with Crippen LogP contribution in [0.15, 0.2) is 24.3 Å². The number of aliphatic hydroxyl groups is 1. The molecule has 80 valence electrons. The van der Waals surface area contributed by atoms with Crippen LogP contribution in [0.1, 0.15) is 5.56 Å². The van der Waals surface area contributed by atoms with Crippen molar-refractivity contribution in [1.29, 1.82) is 0 Å². The van der Waals surface area contributed by atoms with Crippen molar-refractivity contribution in [2.24, 2.45) is 0 Å². The molecule has 0 radical (unpaired) electrons. The van der Waals surface area contributed by atoms with E-state index in [2.05, 4.69) is 0 Å². The summed E-state index contributed by atoms with van der Waals surface area (Å²) in [5.74, 6) is -3.37. The molecule has 0 aliphatic rings. The molecule has 5 heteroatoms. The summed E-state index contributed by atoms with van der Waals surface area (Å²) in [6.45, 7) is -0.558. The highest BCUT2D eigenvalue weighted by molar-refractivity contribution is 5.90. The van der Waals surface area contributed by atoms with E-state index in [4.69, 9.17) is 10.2 Å². The molecule has 0 saturated heterocycles. The molecular formula is C10H8F2O3. The molecule has 0 bridgehead atoms. The van der Waals surface area contributed by atoms with Gasteiger partial charge in [0.2, 0.25) is 0 Å². The van der Waals surface area contributed by atoms with Gasteiger partial charge in [0.25, 0.3) is 0 Å². The number of aliphatic hydroxyl groups excluding tert-OH is 1. The van der Waals surface area contributed by atoms with Crippen LogP contribution < -0.4 is 0 Å². The van der Waals surface area contributed by atoms with E-state index in [0.29, 0.717) is 0 Å². The Morgan fingerprint density at radius 2 is 2.00 bits per heavy atom. The predicted octanol–water partition coefficient (Wildman–Crippen LogP) is 1.43. The first-order valence-corrected chi connectivity index (χ1v) is 4.04. The summed E-state index contributed by atoms with van der Waals surface area (Å²) in [4.78, 5) is 10.3. The van der Waals surface area contributed by atoms with Crippen molar-refractivity contribution in [3.8, 4) is 0 Å². The third-order valence-electron chi connectivity index (χ3n) is 1.76. The molecule has 0 aliphatic carbocycles. The van der Waals surface area contributed by atoms with Gasteiger partial charge in [0, 0.05) is 6.08 Å². The highest BCUT2D eigenvalue weighted by Gasteiger charge is 2.07. The number of carboxylic acids is 1. The lowest BCUT2D eigenvalue weighted by Gasteiger charge is -2.03. The zero-order valence-corrected chi connectivity index (χ0v) is 7.58. The van der Waals surface area contributed by atoms with Crippen LogP contribution in [0.4, 0.5) is 8.78 Å². The molecule has 1 aromatic rings. The van der Waals surface area contributed by atoms with Gasteiger partial charge >= 0.3 is 5.97 Å². The molecule has 0 unspecified atom stereocenters. The minimum Gasteiger partial charge on any atom is -0.478 e. The van der Waals surface area contributed by atoms with Crippen molar-refractivity contribution in [3.05, 3.63) is 41.5 Å². The van der Waals surface area contributed by atoms with E-state index in [1.165, 1.54) is 6.07 Å². The molecule has 0 aliphatic heterocycles. The Morgan fingerprint density at radius 3 is 2.47 bits per heavy atom. The minimum absolute atomic E-state index is 0.0152. The summed E-state index contributed by atoms with van der Waals surface area (Å²) >= 11 is 0. The maximum atomic E-state index is 12.8. The van der Waals surface area contributed by atoms with Gasteiger partial charge in [0.05, 0.1) is 6.61 Å². The molecule has 0 atom stereocenters. The Balaban J connectivity index is 3.14. The molecule has 3 nitrogen and oxygen atoms in total. The lowest BCUT2D eigenvalue weighted by atomic mass is 10.1. The maximum absolute atomic E-state index is 12.8. The van der Waals surface area contributed by atoms with E-state index in [-0.39, 0.29) is 11.1 Å². The normalized spacial score (nSPS) is 11.5. The molecule has 2 N–H and O–H groups in total. The van der Waals surface area contributed by atoms with Crippen LogP contribution in [0.3, 0.4) is 0 Å². The highest BCUT2D eigenvalue weighted by Crippen LogP contribution is 2.16. The van der Waals surface area contributed by atoms with Gasteiger partial charge < -0.3 is 10.2 Å². The Kier molecular flexibility index (Phi) is 3.51. The topological polar surface area (TPSA) is 57.5 Å². The fourth-order valence-corrected chi connectivity index (χ4v) is 1.07. The standard InChI is InChI=1S/C10H8F2O3/c11-8-2-1-6(3-9(8)12)7(5-13)4-10(14)15/h1-4,13H,5H2,(H,14,15)/b7-4+. The van der Waals surface area contributed by atoms with Crippen LogP contribution in [0.5, 0.6) is 0 Å². The third kappa shape index (κ3) is 2.85. The molecule has 1 rings (SSSR count). The second-order valence-corrected chi connectivity index (χ2v) is 2.79. The first-order valence-electron chi connectivity index (χ1n) is 4.04. The second kappa shape index (κ2) is 4.65. The van der Waals surface area contributed by atoms with Gasteiger partial charge in [-0.05, 0) is 23.3 Å². The monoisotopic (exact) mass is 214 g/mol. The Labute approximate surface area is 84.3 Å². The quantitative estimate of drug-likeness (QED) is 0.748. The largest absolute Gasteiger partial charge is 0.478 e. The number of hydrogen-bond donors (Lipinski definition) is 2. The third-order valence-corrected chi connectivity index (χ3v) is 1.76. The number of carbonyl (C=O) groups is 1. The van der Waals surface area contributed by atoms with Gasteiger partial charge in [-0.15, -0.1) is 0 Å². The fraction of sp³-hybridized carbons (Fsp3) is 0.100. The number of benzene rings is 1. The maximum Gasteiger partial charge on any atom is 0.328 e. The lowest BCUT2D eigenvalue weighted by molar-refractivity contribution is -0.131. The Morgan fingerprint density at radius 1 is 1.33 bits per heavy atom. The van der Waals surface area contributed by atoms with Gasteiger partial charge in [0.15, 0.2) is 11.6 Å². The summed E-state index contributed by atoms with van der Waals surface area (Å²) in [5.41, 5.74) is 0.153. The molecule has 0 saturated carbocycles. The first-order chi connectivity index (χ1) is 7.04. The summed E-state index contributed by atoms with van der Waals surface area (Å²) in [7, 11) is 0. The second-order valence-electron chi connectivity index (χ2n) is 2.79. The first kappa shape index (κ1) is 11.3. The molecule has 0 spiro atoms.